The maximum atomic E-state index is 6.82. The van der Waals surface area contributed by atoms with Crippen LogP contribution in [0.5, 0.6) is 5.75 Å². The SMILES string of the molecule is C1=CCC2C(=C1)c1cccc3c1N2c1nc(-c2ccccc2)nc(C2CC=CC4c5ccccc5OC42)c1-c1ccccc1C3. The third-order valence-electron chi connectivity index (χ3n) is 10.3. The van der Waals surface area contributed by atoms with Crippen molar-refractivity contribution in [3.05, 3.63) is 155 Å². The third-order valence-corrected chi connectivity index (χ3v) is 10.3. The summed E-state index contributed by atoms with van der Waals surface area (Å²) < 4.78 is 6.82. The van der Waals surface area contributed by atoms with Gasteiger partial charge in [-0.25, -0.2) is 9.97 Å². The molecule has 2 aliphatic carbocycles. The number of nitrogens with zero attached hydrogens (tertiary/aromatic N) is 3. The van der Waals surface area contributed by atoms with E-state index in [1.165, 1.54) is 39.1 Å². The zero-order valence-electron chi connectivity index (χ0n) is 24.8. The molecule has 3 aliphatic heterocycles. The summed E-state index contributed by atoms with van der Waals surface area (Å²) in [6.45, 7) is 0. The van der Waals surface area contributed by atoms with Gasteiger partial charge in [-0.1, -0.05) is 121 Å². The summed E-state index contributed by atoms with van der Waals surface area (Å²) in [4.78, 5) is 13.6. The molecule has 10 rings (SSSR count). The zero-order chi connectivity index (χ0) is 29.5. The molecule has 0 spiro atoms. The molecule has 4 heterocycles. The number of allylic oxidation sites excluding steroid dienone is 3. The number of para-hydroxylation sites is 2. The average molecular weight is 582 g/mol. The van der Waals surface area contributed by atoms with Gasteiger partial charge in [-0.05, 0) is 41.2 Å². The van der Waals surface area contributed by atoms with Crippen LogP contribution in [-0.2, 0) is 6.42 Å². The summed E-state index contributed by atoms with van der Waals surface area (Å²) in [7, 11) is 0. The van der Waals surface area contributed by atoms with E-state index in [9.17, 15) is 0 Å². The van der Waals surface area contributed by atoms with Crippen LogP contribution < -0.4 is 9.64 Å². The number of hydrogen-bond acceptors (Lipinski definition) is 4. The number of fused-ring (bicyclic) bond motifs is 10. The van der Waals surface area contributed by atoms with E-state index in [0.29, 0.717) is 0 Å². The first kappa shape index (κ1) is 25.1. The van der Waals surface area contributed by atoms with E-state index in [4.69, 9.17) is 14.7 Å². The molecule has 0 bridgehead atoms. The van der Waals surface area contributed by atoms with Crippen LogP contribution in [0.2, 0.25) is 0 Å². The molecule has 5 aromatic rings. The Bertz CT molecular complexity index is 2110. The van der Waals surface area contributed by atoms with Crippen LogP contribution in [0, 0.1) is 0 Å². The van der Waals surface area contributed by atoms with Crippen molar-refractivity contribution < 1.29 is 4.74 Å². The molecular formula is C41H31N3O. The first-order valence-corrected chi connectivity index (χ1v) is 16.1. The molecule has 0 fully saturated rings. The van der Waals surface area contributed by atoms with Crippen molar-refractivity contribution in [1.29, 1.82) is 0 Å². The van der Waals surface area contributed by atoms with Gasteiger partial charge in [0.05, 0.1) is 17.4 Å². The van der Waals surface area contributed by atoms with Crippen LogP contribution in [0.25, 0.3) is 28.1 Å². The quantitative estimate of drug-likeness (QED) is 0.195. The van der Waals surface area contributed by atoms with Crippen LogP contribution in [0.1, 0.15) is 52.6 Å². The van der Waals surface area contributed by atoms with Gasteiger partial charge >= 0.3 is 0 Å². The van der Waals surface area contributed by atoms with E-state index in [1.807, 2.05) is 0 Å². The average Bonchev–Trinajstić information content (AvgIpc) is 3.64. The van der Waals surface area contributed by atoms with Gasteiger partial charge in [0.25, 0.3) is 0 Å². The highest BCUT2D eigenvalue weighted by Crippen LogP contribution is 2.56. The molecule has 4 aromatic carbocycles. The van der Waals surface area contributed by atoms with Crippen LogP contribution in [0.4, 0.5) is 11.5 Å². The van der Waals surface area contributed by atoms with Crippen molar-refractivity contribution in [3.63, 3.8) is 0 Å². The van der Waals surface area contributed by atoms with E-state index >= 15 is 0 Å². The van der Waals surface area contributed by atoms with Gasteiger partial charge in [-0.2, -0.15) is 0 Å². The largest absolute Gasteiger partial charge is 0.488 e. The topological polar surface area (TPSA) is 38.2 Å². The Morgan fingerprint density at radius 3 is 2.51 bits per heavy atom. The molecule has 4 nitrogen and oxygen atoms in total. The second-order valence-corrected chi connectivity index (χ2v) is 12.7. The monoisotopic (exact) mass is 581 g/mol. The minimum Gasteiger partial charge on any atom is -0.488 e. The zero-order valence-corrected chi connectivity index (χ0v) is 24.8. The van der Waals surface area contributed by atoms with Crippen LogP contribution in [0.3, 0.4) is 0 Å². The number of ether oxygens (including phenoxy) is 1. The highest BCUT2D eigenvalue weighted by Gasteiger charge is 2.45. The lowest BCUT2D eigenvalue weighted by Gasteiger charge is -2.36. The molecule has 0 saturated heterocycles. The number of rotatable bonds is 2. The minimum atomic E-state index is -0.0258. The molecule has 0 radical (unpaired) electrons. The highest BCUT2D eigenvalue weighted by atomic mass is 16.5. The Labute approximate surface area is 263 Å². The van der Waals surface area contributed by atoms with E-state index in [0.717, 1.165) is 53.5 Å². The maximum absolute atomic E-state index is 6.82. The molecule has 1 aromatic heterocycles. The predicted molar refractivity (Wildman–Crippen MR) is 180 cm³/mol. The van der Waals surface area contributed by atoms with Crippen molar-refractivity contribution in [2.24, 2.45) is 0 Å². The Morgan fingerprint density at radius 2 is 1.56 bits per heavy atom. The van der Waals surface area contributed by atoms with Crippen LogP contribution in [-0.4, -0.2) is 22.1 Å². The standard InChI is InChI=1S/C41H31N3O/c1-2-12-25(13-3-1)40-42-37(33-21-11-20-32-30-18-7-9-23-35(30)45-39(32)33)36-28-16-5-4-14-26(28)24-27-15-10-19-31-29-17-6-8-22-34(29)44(38(27)31)41(36)43-40/h1-20,23,32-34,39H,21-22,24H2. The summed E-state index contributed by atoms with van der Waals surface area (Å²) in [5.41, 5.74) is 12.4. The number of benzene rings is 4. The molecule has 0 saturated carbocycles. The van der Waals surface area contributed by atoms with Gasteiger partial charge in [0.1, 0.15) is 17.7 Å². The summed E-state index contributed by atoms with van der Waals surface area (Å²) >= 11 is 0. The Balaban J connectivity index is 1.29. The molecule has 216 valence electrons. The van der Waals surface area contributed by atoms with Crippen molar-refractivity contribution in [1.82, 2.24) is 9.97 Å². The second-order valence-electron chi connectivity index (χ2n) is 12.7. The smallest absolute Gasteiger partial charge is 0.161 e. The van der Waals surface area contributed by atoms with E-state index < -0.39 is 0 Å². The van der Waals surface area contributed by atoms with E-state index in [1.54, 1.807) is 0 Å². The molecule has 4 heteroatoms. The van der Waals surface area contributed by atoms with Crippen molar-refractivity contribution in [3.8, 4) is 28.3 Å². The van der Waals surface area contributed by atoms with Crippen LogP contribution in [0.15, 0.2) is 127 Å². The fraction of sp³-hybridized carbons (Fsp3) is 0.171. The molecule has 0 amide bonds. The summed E-state index contributed by atoms with van der Waals surface area (Å²) in [5, 5.41) is 0. The van der Waals surface area contributed by atoms with Gasteiger partial charge < -0.3 is 9.64 Å². The number of hydrogen-bond donors (Lipinski definition) is 0. The Hall–Kier alpha value is -5.22. The number of aromatic nitrogens is 2. The fourth-order valence-electron chi connectivity index (χ4n) is 8.38. The van der Waals surface area contributed by atoms with Crippen molar-refractivity contribution >= 4 is 17.1 Å². The van der Waals surface area contributed by atoms with Gasteiger partial charge in [-0.3, -0.25) is 0 Å². The molecular weight excluding hydrogens is 550 g/mol. The highest BCUT2D eigenvalue weighted by molar-refractivity contribution is 5.99. The molecule has 0 N–H and O–H groups in total. The van der Waals surface area contributed by atoms with Gasteiger partial charge in [0, 0.05) is 40.5 Å². The third kappa shape index (κ3) is 3.66. The van der Waals surface area contributed by atoms with Crippen molar-refractivity contribution in [2.45, 2.75) is 43.2 Å². The first-order chi connectivity index (χ1) is 22.3. The normalized spacial score (nSPS) is 22.9. The molecule has 45 heavy (non-hydrogen) atoms. The lowest BCUT2D eigenvalue weighted by Crippen LogP contribution is -2.33. The first-order valence-electron chi connectivity index (χ1n) is 16.1. The lowest BCUT2D eigenvalue weighted by molar-refractivity contribution is 0.178. The van der Waals surface area contributed by atoms with Gasteiger partial charge in [0.2, 0.25) is 0 Å². The number of anilines is 2. The van der Waals surface area contributed by atoms with E-state index in [2.05, 4.69) is 132 Å². The second kappa shape index (κ2) is 9.64. The maximum Gasteiger partial charge on any atom is 0.161 e. The van der Waals surface area contributed by atoms with E-state index in [-0.39, 0.29) is 24.0 Å². The van der Waals surface area contributed by atoms with Gasteiger partial charge in [-0.15, -0.1) is 0 Å². The lowest BCUT2D eigenvalue weighted by atomic mass is 9.77. The molecule has 4 atom stereocenters. The van der Waals surface area contributed by atoms with Gasteiger partial charge in [0.15, 0.2) is 5.82 Å². The fourth-order valence-corrected chi connectivity index (χ4v) is 8.38. The minimum absolute atomic E-state index is 0.0258. The summed E-state index contributed by atoms with van der Waals surface area (Å²) in [6.07, 6.45) is 14.2. The molecule has 5 aliphatic rings. The Kier molecular flexibility index (Phi) is 5.39. The van der Waals surface area contributed by atoms with Crippen molar-refractivity contribution in [2.75, 3.05) is 4.90 Å². The summed E-state index contributed by atoms with van der Waals surface area (Å²) in [5.74, 6) is 3.03. The summed E-state index contributed by atoms with van der Waals surface area (Å²) in [6, 6.07) is 34.9. The predicted octanol–water partition coefficient (Wildman–Crippen LogP) is 9.17. The molecule has 4 unspecified atom stereocenters. The van der Waals surface area contributed by atoms with Crippen LogP contribution >= 0.6 is 0 Å². The Morgan fingerprint density at radius 1 is 0.733 bits per heavy atom.